The Hall–Kier alpha value is -0.850. The lowest BCUT2D eigenvalue weighted by molar-refractivity contribution is 0.270. The highest BCUT2D eigenvalue weighted by molar-refractivity contribution is 9.10. The first-order valence-electron chi connectivity index (χ1n) is 4.40. The summed E-state index contributed by atoms with van der Waals surface area (Å²) >= 11 is 5.05. The van der Waals surface area contributed by atoms with E-state index in [9.17, 15) is 0 Å². The van der Waals surface area contributed by atoms with Crippen molar-refractivity contribution >= 4 is 33.1 Å². The second-order valence-corrected chi connectivity index (χ2v) is 4.77. The van der Waals surface area contributed by atoms with E-state index < -0.39 is 0 Å². The maximum absolute atomic E-state index is 8.82. The molecule has 0 fully saturated rings. The second-order valence-electron chi connectivity index (χ2n) is 3.00. The fourth-order valence-corrected chi connectivity index (χ4v) is 2.82. The van der Waals surface area contributed by atoms with E-state index in [0.717, 1.165) is 15.0 Å². The molecule has 0 atom stereocenters. The lowest BCUT2D eigenvalue weighted by atomic mass is 10.3. The lowest BCUT2D eigenvalue weighted by Gasteiger charge is -1.98. The van der Waals surface area contributed by atoms with Crippen molar-refractivity contribution in [3.8, 4) is 10.6 Å². The molecule has 0 unspecified atom stereocenters. The third kappa shape index (κ3) is 2.06. The topological polar surface area (TPSA) is 64.1 Å². The van der Waals surface area contributed by atoms with Gasteiger partial charge in [-0.15, -0.1) is 11.3 Å². The molecule has 0 amide bonds. The fraction of sp³-hybridized carbons (Fsp3) is 0.222. The van der Waals surface area contributed by atoms with Gasteiger partial charge in [-0.1, -0.05) is 0 Å². The molecule has 0 radical (unpaired) electrons. The number of hydrogen-bond donors (Lipinski definition) is 2. The van der Waals surface area contributed by atoms with Gasteiger partial charge in [-0.2, -0.15) is 5.10 Å². The van der Waals surface area contributed by atoms with Crippen LogP contribution in [0.25, 0.3) is 10.6 Å². The van der Waals surface area contributed by atoms with E-state index >= 15 is 0 Å². The summed E-state index contributed by atoms with van der Waals surface area (Å²) in [5.74, 6) is 0.569. The molecule has 0 aromatic carbocycles. The van der Waals surface area contributed by atoms with Crippen molar-refractivity contribution in [1.29, 1.82) is 0 Å². The van der Waals surface area contributed by atoms with Crippen LogP contribution in [0.3, 0.4) is 0 Å². The van der Waals surface area contributed by atoms with Gasteiger partial charge in [0, 0.05) is 10.5 Å². The maximum Gasteiger partial charge on any atom is 0.122 e. The summed E-state index contributed by atoms with van der Waals surface area (Å²) in [7, 11) is 0. The molecule has 2 heterocycles. The predicted octanol–water partition coefficient (Wildman–Crippen LogP) is 1.95. The summed E-state index contributed by atoms with van der Waals surface area (Å²) in [6.45, 7) is 0.464. The van der Waals surface area contributed by atoms with Crippen LogP contribution >= 0.6 is 27.3 Å². The number of rotatable bonds is 3. The first-order valence-corrected chi connectivity index (χ1v) is 6.07. The monoisotopic (exact) mass is 287 g/mol. The molecule has 4 nitrogen and oxygen atoms in total. The number of halogens is 1. The van der Waals surface area contributed by atoms with Crippen LogP contribution < -0.4 is 5.73 Å². The van der Waals surface area contributed by atoms with Gasteiger partial charge in [0.15, 0.2) is 0 Å². The van der Waals surface area contributed by atoms with E-state index in [2.05, 4.69) is 21.0 Å². The predicted molar refractivity (Wildman–Crippen MR) is 64.7 cm³/mol. The van der Waals surface area contributed by atoms with Gasteiger partial charge >= 0.3 is 0 Å². The van der Waals surface area contributed by atoms with Crippen LogP contribution in [0.4, 0.5) is 5.82 Å². The molecule has 0 bridgehead atoms. The van der Waals surface area contributed by atoms with Crippen molar-refractivity contribution in [3.63, 3.8) is 0 Å². The quantitative estimate of drug-likeness (QED) is 0.907. The molecule has 0 aliphatic heterocycles. The van der Waals surface area contributed by atoms with Crippen LogP contribution in [0.15, 0.2) is 22.0 Å². The molecule has 2 rings (SSSR count). The Bertz CT molecular complexity index is 466. The Morgan fingerprint density at radius 3 is 3.00 bits per heavy atom. The summed E-state index contributed by atoms with van der Waals surface area (Å²) in [5.41, 5.74) is 6.60. The smallest absolute Gasteiger partial charge is 0.122 e. The lowest BCUT2D eigenvalue weighted by Crippen LogP contribution is -2.07. The summed E-state index contributed by atoms with van der Waals surface area (Å²) in [4.78, 5) is 1.05. The Morgan fingerprint density at radius 1 is 1.60 bits per heavy atom. The zero-order chi connectivity index (χ0) is 10.8. The fourth-order valence-electron chi connectivity index (χ4n) is 1.29. The molecule has 0 spiro atoms. The summed E-state index contributed by atoms with van der Waals surface area (Å²) in [5, 5.41) is 15.1. The van der Waals surface area contributed by atoms with Crippen molar-refractivity contribution in [1.82, 2.24) is 9.78 Å². The van der Waals surface area contributed by atoms with Crippen molar-refractivity contribution < 1.29 is 5.11 Å². The van der Waals surface area contributed by atoms with E-state index in [1.54, 1.807) is 16.0 Å². The van der Waals surface area contributed by atoms with Crippen LogP contribution in [0.2, 0.25) is 0 Å². The average molecular weight is 288 g/mol. The summed E-state index contributed by atoms with van der Waals surface area (Å²) in [6, 6.07) is 3.79. The molecule has 3 N–H and O–H groups in total. The minimum atomic E-state index is 0.0386. The molecular weight excluding hydrogens is 278 g/mol. The molecular formula is C9H10BrN3OS. The van der Waals surface area contributed by atoms with Crippen LogP contribution in [-0.4, -0.2) is 21.5 Å². The third-order valence-electron chi connectivity index (χ3n) is 1.97. The minimum Gasteiger partial charge on any atom is -0.394 e. The van der Waals surface area contributed by atoms with Gasteiger partial charge in [0.05, 0.1) is 18.0 Å². The number of nitrogens with two attached hydrogens (primary N) is 1. The molecule has 0 aliphatic rings. The third-order valence-corrected chi connectivity index (χ3v) is 3.83. The van der Waals surface area contributed by atoms with Gasteiger partial charge in [-0.3, -0.25) is 0 Å². The number of hydrogen-bond acceptors (Lipinski definition) is 4. The standard InChI is InChI=1S/C9H10BrN3OS/c10-6-1-4-15-9(6)7-5-8(11)13(12-7)2-3-14/h1,4-5,14H,2-3,11H2. The normalized spacial score (nSPS) is 10.8. The highest BCUT2D eigenvalue weighted by Gasteiger charge is 2.10. The van der Waals surface area contributed by atoms with Gasteiger partial charge < -0.3 is 10.8 Å². The van der Waals surface area contributed by atoms with Crippen LogP contribution in [0, 0.1) is 0 Å². The maximum atomic E-state index is 8.82. The SMILES string of the molecule is Nc1cc(-c2sccc2Br)nn1CCO. The number of anilines is 1. The van der Waals surface area contributed by atoms with Crippen molar-refractivity contribution in [2.24, 2.45) is 0 Å². The van der Waals surface area contributed by atoms with Gasteiger partial charge in [-0.05, 0) is 27.4 Å². The molecule has 2 aromatic heterocycles. The van der Waals surface area contributed by atoms with E-state index in [-0.39, 0.29) is 6.61 Å². The zero-order valence-corrected chi connectivity index (χ0v) is 10.3. The number of aliphatic hydroxyl groups excluding tert-OH is 1. The molecule has 15 heavy (non-hydrogen) atoms. The Labute approximate surface area is 99.5 Å². The molecule has 6 heteroatoms. The molecule has 80 valence electrons. The Balaban J connectivity index is 2.38. The van der Waals surface area contributed by atoms with Gasteiger partial charge in [0.25, 0.3) is 0 Å². The number of thiophene rings is 1. The first kappa shape index (κ1) is 10.7. The average Bonchev–Trinajstić information content (AvgIpc) is 2.75. The highest BCUT2D eigenvalue weighted by Crippen LogP contribution is 2.33. The van der Waals surface area contributed by atoms with E-state index in [0.29, 0.717) is 12.4 Å². The van der Waals surface area contributed by atoms with E-state index in [1.807, 2.05) is 17.5 Å². The number of aromatic nitrogens is 2. The van der Waals surface area contributed by atoms with Gasteiger partial charge in [0.2, 0.25) is 0 Å². The van der Waals surface area contributed by atoms with Crippen LogP contribution in [-0.2, 0) is 6.54 Å². The second kappa shape index (κ2) is 4.34. The zero-order valence-electron chi connectivity index (χ0n) is 7.85. The van der Waals surface area contributed by atoms with Crippen molar-refractivity contribution in [3.05, 3.63) is 22.0 Å². The van der Waals surface area contributed by atoms with Gasteiger partial charge in [-0.25, -0.2) is 4.68 Å². The number of nitrogen functional groups attached to an aromatic ring is 1. The number of nitrogens with zero attached hydrogens (tertiary/aromatic N) is 2. The summed E-state index contributed by atoms with van der Waals surface area (Å²) in [6.07, 6.45) is 0. The van der Waals surface area contributed by atoms with E-state index in [1.165, 1.54) is 0 Å². The Morgan fingerprint density at radius 2 is 2.40 bits per heavy atom. The Kier molecular flexibility index (Phi) is 3.08. The molecule has 2 aromatic rings. The number of aliphatic hydroxyl groups is 1. The largest absolute Gasteiger partial charge is 0.394 e. The molecule has 0 saturated carbocycles. The van der Waals surface area contributed by atoms with Crippen LogP contribution in [0.5, 0.6) is 0 Å². The van der Waals surface area contributed by atoms with Crippen LogP contribution in [0.1, 0.15) is 0 Å². The molecule has 0 saturated heterocycles. The molecule has 0 aliphatic carbocycles. The first-order chi connectivity index (χ1) is 7.22. The van der Waals surface area contributed by atoms with Gasteiger partial charge in [0.1, 0.15) is 11.5 Å². The summed E-state index contributed by atoms with van der Waals surface area (Å²) < 4.78 is 2.61. The minimum absolute atomic E-state index is 0.0386. The van der Waals surface area contributed by atoms with Crippen molar-refractivity contribution in [2.75, 3.05) is 12.3 Å². The highest BCUT2D eigenvalue weighted by atomic mass is 79.9. The van der Waals surface area contributed by atoms with Crippen molar-refractivity contribution in [2.45, 2.75) is 6.54 Å². The van der Waals surface area contributed by atoms with E-state index in [4.69, 9.17) is 10.8 Å².